The maximum absolute atomic E-state index is 13.0. The molecule has 37 heavy (non-hydrogen) atoms. The summed E-state index contributed by atoms with van der Waals surface area (Å²) >= 11 is 0. The van der Waals surface area contributed by atoms with E-state index in [4.69, 9.17) is 23.7 Å². The molecule has 5 rings (SSSR count). The highest BCUT2D eigenvalue weighted by Crippen LogP contribution is 2.65. The quantitative estimate of drug-likeness (QED) is 0.389. The number of carbonyl (C=O) groups is 2. The molecule has 2 saturated heterocycles. The first-order valence-corrected chi connectivity index (χ1v) is 13.0. The average molecular weight is 513 g/mol. The molecule has 3 fully saturated rings. The van der Waals surface area contributed by atoms with Gasteiger partial charge in [-0.15, -0.1) is 0 Å². The molecule has 0 aromatic heterocycles. The highest BCUT2D eigenvalue weighted by molar-refractivity contribution is 5.83. The molecule has 8 nitrogen and oxygen atoms in total. The van der Waals surface area contributed by atoms with Crippen LogP contribution < -0.4 is 0 Å². The van der Waals surface area contributed by atoms with Crippen LogP contribution in [0.5, 0.6) is 0 Å². The van der Waals surface area contributed by atoms with Gasteiger partial charge in [-0.1, -0.05) is 43.4 Å². The fourth-order valence-electron chi connectivity index (χ4n) is 6.48. The Labute approximate surface area is 217 Å². The first kappa shape index (κ1) is 26.1. The highest BCUT2D eigenvalue weighted by Gasteiger charge is 2.68. The fraction of sp³-hybridized carbons (Fsp3) is 0.586. The van der Waals surface area contributed by atoms with Crippen molar-refractivity contribution in [2.24, 2.45) is 10.8 Å². The molecule has 0 unspecified atom stereocenters. The molecular weight excluding hydrogens is 476 g/mol. The van der Waals surface area contributed by atoms with Crippen LogP contribution in [0.15, 0.2) is 59.8 Å². The molecule has 1 N–H and O–H groups in total. The lowest BCUT2D eigenvalue weighted by atomic mass is 9.53. The van der Waals surface area contributed by atoms with Crippen molar-refractivity contribution < 1.29 is 38.4 Å². The summed E-state index contributed by atoms with van der Waals surface area (Å²) in [5.41, 5.74) is 1.14. The Bertz CT molecular complexity index is 1100. The summed E-state index contributed by atoms with van der Waals surface area (Å²) in [7, 11) is 0. The lowest BCUT2D eigenvalue weighted by Crippen LogP contribution is -2.60. The van der Waals surface area contributed by atoms with Gasteiger partial charge in [0.2, 0.25) is 0 Å². The Hall–Kier alpha value is -2.52. The number of rotatable bonds is 0. The van der Waals surface area contributed by atoms with Gasteiger partial charge >= 0.3 is 11.9 Å². The van der Waals surface area contributed by atoms with Crippen LogP contribution in [0.3, 0.4) is 0 Å². The topological polar surface area (TPSA) is 101 Å². The van der Waals surface area contributed by atoms with Crippen molar-refractivity contribution >= 4 is 11.9 Å². The number of carbonyl (C=O) groups excluding carboxylic acids is 2. The molecule has 3 aliphatic heterocycles. The van der Waals surface area contributed by atoms with Crippen molar-refractivity contribution in [1.82, 2.24) is 0 Å². The Morgan fingerprint density at radius 3 is 2.68 bits per heavy atom. The van der Waals surface area contributed by atoms with Crippen LogP contribution in [0.2, 0.25) is 0 Å². The summed E-state index contributed by atoms with van der Waals surface area (Å²) in [5, 5.41) is 10.8. The van der Waals surface area contributed by atoms with E-state index in [-0.39, 0.29) is 24.9 Å². The molecule has 4 bridgehead atoms. The minimum Gasteiger partial charge on any atom is -0.462 e. The monoisotopic (exact) mass is 512 g/mol. The normalized spacial score (nSPS) is 47.4. The molecule has 1 spiro atoms. The van der Waals surface area contributed by atoms with Crippen molar-refractivity contribution in [3.63, 3.8) is 0 Å². The second kappa shape index (κ2) is 9.66. The van der Waals surface area contributed by atoms with E-state index in [1.807, 2.05) is 6.92 Å². The molecule has 5 aliphatic rings. The number of cyclic esters (lactones) is 1. The molecule has 0 aromatic rings. The minimum atomic E-state index is -1.14. The predicted molar refractivity (Wildman–Crippen MR) is 134 cm³/mol. The number of hydrogen-bond acceptors (Lipinski definition) is 8. The second-order valence-electron chi connectivity index (χ2n) is 11.1. The number of ether oxygens (including phenoxy) is 5. The van der Waals surface area contributed by atoms with Crippen LogP contribution >= 0.6 is 0 Å². The summed E-state index contributed by atoms with van der Waals surface area (Å²) in [5.74, 6) is -1.04. The summed E-state index contributed by atoms with van der Waals surface area (Å²) in [6.45, 7) is 12.0. The second-order valence-corrected chi connectivity index (χ2v) is 11.1. The molecule has 3 heterocycles. The van der Waals surface area contributed by atoms with Gasteiger partial charge < -0.3 is 28.8 Å². The van der Waals surface area contributed by atoms with E-state index in [0.717, 1.165) is 12.0 Å². The number of aliphatic hydroxyl groups excluding tert-OH is 1. The van der Waals surface area contributed by atoms with Crippen molar-refractivity contribution in [3.8, 4) is 0 Å². The van der Waals surface area contributed by atoms with E-state index in [1.54, 1.807) is 25.2 Å². The van der Waals surface area contributed by atoms with Crippen molar-refractivity contribution in [1.29, 1.82) is 0 Å². The molecule has 2 aliphatic carbocycles. The number of esters is 2. The van der Waals surface area contributed by atoms with E-state index in [9.17, 15) is 14.7 Å². The zero-order chi connectivity index (χ0) is 26.5. The van der Waals surface area contributed by atoms with Crippen LogP contribution in [-0.2, 0) is 33.3 Å². The molecule has 0 aromatic carbocycles. The van der Waals surface area contributed by atoms with Crippen LogP contribution in [-0.4, -0.2) is 66.6 Å². The van der Waals surface area contributed by atoms with Gasteiger partial charge in [0.15, 0.2) is 6.29 Å². The van der Waals surface area contributed by atoms with Gasteiger partial charge in [-0.3, -0.25) is 0 Å². The zero-order valence-electron chi connectivity index (χ0n) is 21.8. The number of hydrogen-bond donors (Lipinski definition) is 1. The maximum Gasteiger partial charge on any atom is 0.331 e. The maximum atomic E-state index is 13.0. The standard InChI is InChI=1S/C29H36O8/c1-16-10-11-29-15-33-25(31)13-17(2)26(32)27-34-19(4)20(36-27)8-6-7-9-24(30)37-22-14-21(35-23(29)12-16)18(3)28(22,29)5/h6-9,12-13,19-23,26-27,32H,3,10-11,14-15H2,1-2,4-5H3/b8-6-,9-7-,17-13-/t19-,20-,21+,22+,23+,26+,27+,28+,29+/m0/s1. The van der Waals surface area contributed by atoms with Crippen molar-refractivity contribution in [2.45, 2.75) is 89.9 Å². The van der Waals surface area contributed by atoms with Gasteiger partial charge in [0.1, 0.15) is 24.9 Å². The molecule has 9 atom stereocenters. The molecule has 0 radical (unpaired) electrons. The average Bonchev–Trinajstić information content (AvgIpc) is 3.29. The van der Waals surface area contributed by atoms with E-state index in [1.165, 1.54) is 17.7 Å². The van der Waals surface area contributed by atoms with Gasteiger partial charge in [-0.2, -0.15) is 0 Å². The largest absolute Gasteiger partial charge is 0.462 e. The summed E-state index contributed by atoms with van der Waals surface area (Å²) < 4.78 is 30.0. The van der Waals surface area contributed by atoms with Crippen LogP contribution in [0.4, 0.5) is 0 Å². The van der Waals surface area contributed by atoms with Crippen LogP contribution in [0.25, 0.3) is 0 Å². The molecule has 200 valence electrons. The lowest BCUT2D eigenvalue weighted by molar-refractivity contribution is -0.181. The van der Waals surface area contributed by atoms with E-state index >= 15 is 0 Å². The molecule has 8 heteroatoms. The Morgan fingerprint density at radius 1 is 1.11 bits per heavy atom. The third kappa shape index (κ3) is 4.34. The molecule has 1 saturated carbocycles. The predicted octanol–water partition coefficient (Wildman–Crippen LogP) is 3.46. The zero-order valence-corrected chi connectivity index (χ0v) is 21.8. The first-order chi connectivity index (χ1) is 17.5. The third-order valence-corrected chi connectivity index (χ3v) is 8.97. The first-order valence-electron chi connectivity index (χ1n) is 13.0. The van der Waals surface area contributed by atoms with Gasteiger partial charge in [0, 0.05) is 29.4 Å². The summed E-state index contributed by atoms with van der Waals surface area (Å²) in [6, 6.07) is 0. The number of aliphatic hydroxyl groups is 1. The Kier molecular flexibility index (Phi) is 6.81. The van der Waals surface area contributed by atoms with Crippen LogP contribution in [0.1, 0.15) is 47.0 Å². The molecular formula is C29H36O8. The summed E-state index contributed by atoms with van der Waals surface area (Å²) in [4.78, 5) is 25.8. The van der Waals surface area contributed by atoms with Gasteiger partial charge in [-0.05, 0) is 44.8 Å². The van der Waals surface area contributed by atoms with Crippen molar-refractivity contribution in [2.75, 3.05) is 6.61 Å². The fourth-order valence-corrected chi connectivity index (χ4v) is 6.48. The molecule has 0 amide bonds. The number of fused-ring (bicyclic) bond motifs is 3. The smallest absolute Gasteiger partial charge is 0.331 e. The van der Waals surface area contributed by atoms with E-state index in [2.05, 4.69) is 26.5 Å². The van der Waals surface area contributed by atoms with Gasteiger partial charge in [0.05, 0.1) is 18.3 Å². The third-order valence-electron chi connectivity index (χ3n) is 8.97. The van der Waals surface area contributed by atoms with Gasteiger partial charge in [0.25, 0.3) is 0 Å². The SMILES string of the molecule is C=C1[C@H]2C[C@H]3OC(=O)/C=C\C=C/[C@@H]4O[C@@H](O[C@H]4C)[C@H](O)/C(C)=C\C(=O)OC[C@@]4(CCC(C)=C[C@H]4O2)[C@]13C. The van der Waals surface area contributed by atoms with E-state index in [0.29, 0.717) is 18.4 Å². The Balaban J connectivity index is 1.52. The van der Waals surface area contributed by atoms with Gasteiger partial charge in [-0.25, -0.2) is 9.59 Å². The minimum absolute atomic E-state index is 0.0601. The highest BCUT2D eigenvalue weighted by atomic mass is 16.7. The van der Waals surface area contributed by atoms with Crippen molar-refractivity contribution in [3.05, 3.63) is 59.8 Å². The summed E-state index contributed by atoms with van der Waals surface area (Å²) in [6.07, 6.45) is 7.98. The number of allylic oxidation sites excluding steroid dienone is 3. The lowest BCUT2D eigenvalue weighted by Gasteiger charge is -2.56. The van der Waals surface area contributed by atoms with E-state index < -0.39 is 47.4 Å². The Morgan fingerprint density at radius 2 is 1.89 bits per heavy atom. The van der Waals surface area contributed by atoms with Crippen LogP contribution in [0, 0.1) is 10.8 Å².